The predicted octanol–water partition coefficient (Wildman–Crippen LogP) is 0.963. The molecular weight excluding hydrogens is 376 g/mol. The van der Waals surface area contributed by atoms with Gasteiger partial charge in [0.1, 0.15) is 11.5 Å². The van der Waals surface area contributed by atoms with E-state index in [0.717, 1.165) is 5.56 Å². The van der Waals surface area contributed by atoms with E-state index in [9.17, 15) is 14.4 Å². The molecular formula is C20H28N4O5. The molecule has 9 heteroatoms. The molecule has 2 rings (SSSR count). The lowest BCUT2D eigenvalue weighted by atomic mass is 10.2. The van der Waals surface area contributed by atoms with Crippen molar-refractivity contribution in [3.8, 4) is 0 Å². The molecule has 1 aromatic carbocycles. The molecule has 0 aliphatic rings. The number of hydrogen-bond donors (Lipinski definition) is 2. The van der Waals surface area contributed by atoms with Crippen molar-refractivity contribution in [3.05, 3.63) is 56.7 Å². The topological polar surface area (TPSA) is 120 Å². The molecule has 3 N–H and O–H groups in total. The summed E-state index contributed by atoms with van der Waals surface area (Å²) in [6.07, 6.45) is 0.692. The zero-order chi connectivity index (χ0) is 21.2. The molecule has 0 bridgehead atoms. The summed E-state index contributed by atoms with van der Waals surface area (Å²) >= 11 is 0. The number of carbonyl (C=O) groups is 1. The third-order valence-corrected chi connectivity index (χ3v) is 4.39. The Balaban J connectivity index is 2.31. The molecule has 0 amide bonds. The SMILES string of the molecule is CCOC(=O)CCCN(CCOC)c1c(N)n(Cc2ccccc2)c(=O)[nH]c1=O. The van der Waals surface area contributed by atoms with Crippen LogP contribution in [0.2, 0.25) is 0 Å². The second kappa shape index (κ2) is 11.1. The lowest BCUT2D eigenvalue weighted by Gasteiger charge is -2.26. The van der Waals surface area contributed by atoms with Gasteiger partial charge in [-0.25, -0.2) is 4.79 Å². The van der Waals surface area contributed by atoms with Crippen LogP contribution in [0, 0.1) is 0 Å². The summed E-state index contributed by atoms with van der Waals surface area (Å²) in [5.74, 6) is -0.218. The van der Waals surface area contributed by atoms with Gasteiger partial charge in [0.25, 0.3) is 5.56 Å². The van der Waals surface area contributed by atoms with E-state index >= 15 is 0 Å². The highest BCUT2D eigenvalue weighted by molar-refractivity contribution is 5.69. The molecule has 9 nitrogen and oxygen atoms in total. The summed E-state index contributed by atoms with van der Waals surface area (Å²) in [4.78, 5) is 40.6. The number of aromatic amines is 1. The summed E-state index contributed by atoms with van der Waals surface area (Å²) in [6.45, 7) is 3.43. The zero-order valence-electron chi connectivity index (χ0n) is 16.8. The molecule has 0 aliphatic heterocycles. The van der Waals surface area contributed by atoms with Crippen LogP contribution in [0.4, 0.5) is 11.5 Å². The maximum atomic E-state index is 12.5. The second-order valence-electron chi connectivity index (χ2n) is 6.45. The highest BCUT2D eigenvalue weighted by Gasteiger charge is 2.19. The van der Waals surface area contributed by atoms with Crippen molar-refractivity contribution in [2.24, 2.45) is 0 Å². The first kappa shape index (κ1) is 22.2. The number of benzene rings is 1. The number of anilines is 2. The Hall–Kier alpha value is -3.07. The smallest absolute Gasteiger partial charge is 0.330 e. The van der Waals surface area contributed by atoms with Crippen molar-refractivity contribution >= 4 is 17.5 Å². The van der Waals surface area contributed by atoms with Crippen LogP contribution in [-0.2, 0) is 20.8 Å². The Kier molecular flexibility index (Phi) is 8.47. The van der Waals surface area contributed by atoms with Gasteiger partial charge < -0.3 is 20.1 Å². The molecule has 1 aromatic heterocycles. The van der Waals surface area contributed by atoms with Crippen molar-refractivity contribution < 1.29 is 14.3 Å². The van der Waals surface area contributed by atoms with Gasteiger partial charge in [0.15, 0.2) is 0 Å². The predicted molar refractivity (Wildman–Crippen MR) is 111 cm³/mol. The van der Waals surface area contributed by atoms with E-state index in [1.54, 1.807) is 18.9 Å². The number of ether oxygens (including phenoxy) is 2. The molecule has 0 aliphatic carbocycles. The maximum absolute atomic E-state index is 12.5. The van der Waals surface area contributed by atoms with Crippen LogP contribution in [0.3, 0.4) is 0 Å². The Morgan fingerprint density at radius 2 is 1.93 bits per heavy atom. The molecule has 0 saturated carbocycles. The van der Waals surface area contributed by atoms with Crippen molar-refractivity contribution in [2.75, 3.05) is 44.0 Å². The Bertz CT molecular complexity index is 907. The number of nitrogens with zero attached hydrogens (tertiary/aromatic N) is 2. The fourth-order valence-corrected chi connectivity index (χ4v) is 2.99. The van der Waals surface area contributed by atoms with Gasteiger partial charge >= 0.3 is 11.7 Å². The lowest BCUT2D eigenvalue weighted by Crippen LogP contribution is -2.40. The van der Waals surface area contributed by atoms with Crippen LogP contribution in [0.5, 0.6) is 0 Å². The highest BCUT2D eigenvalue weighted by Crippen LogP contribution is 2.18. The van der Waals surface area contributed by atoms with Gasteiger partial charge in [-0.05, 0) is 18.9 Å². The fourth-order valence-electron chi connectivity index (χ4n) is 2.99. The summed E-state index contributed by atoms with van der Waals surface area (Å²) in [5, 5.41) is 0. The molecule has 0 saturated heterocycles. The first-order valence-corrected chi connectivity index (χ1v) is 9.54. The van der Waals surface area contributed by atoms with E-state index in [1.165, 1.54) is 4.57 Å². The minimum atomic E-state index is -0.571. The van der Waals surface area contributed by atoms with Crippen LogP contribution in [0.15, 0.2) is 39.9 Å². The molecule has 0 radical (unpaired) electrons. The minimum absolute atomic E-state index is 0.0786. The van der Waals surface area contributed by atoms with E-state index in [-0.39, 0.29) is 30.4 Å². The molecule has 0 fully saturated rings. The molecule has 2 aromatic rings. The number of hydrogen-bond acceptors (Lipinski definition) is 7. The van der Waals surface area contributed by atoms with Crippen LogP contribution in [0.25, 0.3) is 0 Å². The molecule has 0 atom stereocenters. The quantitative estimate of drug-likeness (QED) is 0.535. The number of rotatable bonds is 11. The first-order chi connectivity index (χ1) is 14.0. The summed E-state index contributed by atoms with van der Waals surface area (Å²) in [7, 11) is 1.56. The average Bonchev–Trinajstić information content (AvgIpc) is 2.69. The average molecular weight is 404 g/mol. The molecule has 158 valence electrons. The van der Waals surface area contributed by atoms with Gasteiger partial charge in [-0.3, -0.25) is 19.1 Å². The lowest BCUT2D eigenvalue weighted by molar-refractivity contribution is -0.143. The van der Waals surface area contributed by atoms with E-state index in [2.05, 4.69) is 4.98 Å². The van der Waals surface area contributed by atoms with Crippen molar-refractivity contribution in [1.29, 1.82) is 0 Å². The summed E-state index contributed by atoms with van der Waals surface area (Å²) in [6, 6.07) is 9.36. The van der Waals surface area contributed by atoms with Gasteiger partial charge in [0.2, 0.25) is 0 Å². The highest BCUT2D eigenvalue weighted by atomic mass is 16.5. The van der Waals surface area contributed by atoms with Crippen LogP contribution in [-0.4, -0.2) is 48.9 Å². The van der Waals surface area contributed by atoms with Crippen molar-refractivity contribution in [1.82, 2.24) is 9.55 Å². The number of nitrogen functional groups attached to an aromatic ring is 1. The Morgan fingerprint density at radius 3 is 2.59 bits per heavy atom. The van der Waals surface area contributed by atoms with Gasteiger partial charge in [0.05, 0.1) is 19.8 Å². The van der Waals surface area contributed by atoms with E-state index in [1.807, 2.05) is 30.3 Å². The monoisotopic (exact) mass is 404 g/mol. The largest absolute Gasteiger partial charge is 0.466 e. The third-order valence-electron chi connectivity index (χ3n) is 4.39. The number of esters is 1. The van der Waals surface area contributed by atoms with E-state index in [0.29, 0.717) is 32.7 Å². The van der Waals surface area contributed by atoms with E-state index in [4.69, 9.17) is 15.2 Å². The Morgan fingerprint density at radius 1 is 1.21 bits per heavy atom. The number of H-pyrrole nitrogens is 1. The van der Waals surface area contributed by atoms with Gasteiger partial charge in [-0.2, -0.15) is 0 Å². The molecule has 0 unspecified atom stereocenters. The van der Waals surface area contributed by atoms with Gasteiger partial charge in [-0.1, -0.05) is 30.3 Å². The number of aromatic nitrogens is 2. The van der Waals surface area contributed by atoms with Crippen LogP contribution in [0.1, 0.15) is 25.3 Å². The zero-order valence-corrected chi connectivity index (χ0v) is 16.8. The molecule has 29 heavy (non-hydrogen) atoms. The number of methoxy groups -OCH3 is 1. The summed E-state index contributed by atoms with van der Waals surface area (Å²) < 4.78 is 11.4. The number of nitrogens with one attached hydrogen (secondary N) is 1. The van der Waals surface area contributed by atoms with Crippen LogP contribution < -0.4 is 21.9 Å². The maximum Gasteiger partial charge on any atom is 0.330 e. The normalized spacial score (nSPS) is 10.7. The van der Waals surface area contributed by atoms with Crippen LogP contribution >= 0.6 is 0 Å². The van der Waals surface area contributed by atoms with Crippen molar-refractivity contribution in [3.63, 3.8) is 0 Å². The van der Waals surface area contributed by atoms with E-state index < -0.39 is 11.2 Å². The fraction of sp³-hybridized carbons (Fsp3) is 0.450. The number of nitrogens with two attached hydrogens (primary N) is 1. The van der Waals surface area contributed by atoms with Crippen molar-refractivity contribution in [2.45, 2.75) is 26.3 Å². The second-order valence-corrected chi connectivity index (χ2v) is 6.45. The first-order valence-electron chi connectivity index (χ1n) is 9.54. The third kappa shape index (κ3) is 6.21. The molecule has 1 heterocycles. The standard InChI is InChI=1S/C20H28N4O5/c1-3-29-16(25)10-7-11-23(12-13-28-2)17-18(21)24(20(27)22-19(17)26)14-15-8-5-4-6-9-15/h4-6,8-9H,3,7,10-14,21H2,1-2H3,(H,22,26,27). The summed E-state index contributed by atoms with van der Waals surface area (Å²) in [5.41, 5.74) is 6.19. The number of carbonyl (C=O) groups excluding carboxylic acids is 1. The Labute approximate surface area is 169 Å². The van der Waals surface area contributed by atoms with Gasteiger partial charge in [-0.15, -0.1) is 0 Å². The minimum Gasteiger partial charge on any atom is -0.466 e. The van der Waals surface area contributed by atoms with Gasteiger partial charge in [0, 0.05) is 26.6 Å². The molecule has 0 spiro atoms.